The number of hydrogen-bond donors (Lipinski definition) is 1. The molecule has 4 nitrogen and oxygen atoms in total. The molecule has 3 unspecified atom stereocenters. The van der Waals surface area contributed by atoms with Crippen LogP contribution < -0.4 is 5.73 Å². The van der Waals surface area contributed by atoms with Crippen molar-refractivity contribution < 1.29 is 14.2 Å². The van der Waals surface area contributed by atoms with E-state index >= 15 is 0 Å². The van der Waals surface area contributed by atoms with E-state index in [1.807, 2.05) is 6.92 Å². The van der Waals surface area contributed by atoms with Crippen LogP contribution in [0.3, 0.4) is 0 Å². The lowest BCUT2D eigenvalue weighted by Crippen LogP contribution is -2.54. The van der Waals surface area contributed by atoms with Crippen molar-refractivity contribution in [2.24, 2.45) is 11.7 Å². The van der Waals surface area contributed by atoms with Gasteiger partial charge in [-0.05, 0) is 32.6 Å². The second kappa shape index (κ2) is 5.22. The van der Waals surface area contributed by atoms with Crippen LogP contribution in [0.4, 0.5) is 0 Å². The van der Waals surface area contributed by atoms with Crippen molar-refractivity contribution in [2.45, 2.75) is 44.2 Å². The summed E-state index contributed by atoms with van der Waals surface area (Å²) in [7, 11) is 0. The van der Waals surface area contributed by atoms with E-state index < -0.39 is 0 Å². The van der Waals surface area contributed by atoms with Gasteiger partial charge >= 0.3 is 0 Å². The Morgan fingerprint density at radius 2 is 2.29 bits per heavy atom. The fraction of sp³-hybridized carbons (Fsp3) is 1.00. The molecule has 2 aliphatic rings. The Morgan fingerprint density at radius 3 is 2.94 bits per heavy atom. The molecule has 2 aliphatic heterocycles. The molecule has 0 aromatic carbocycles. The van der Waals surface area contributed by atoms with E-state index in [4.69, 9.17) is 19.9 Å². The highest BCUT2D eigenvalue weighted by Gasteiger charge is 2.45. The number of nitrogens with two attached hydrogens (primary N) is 1. The molecule has 0 aliphatic carbocycles. The molecule has 2 rings (SSSR count). The quantitative estimate of drug-likeness (QED) is 0.809. The molecule has 0 aromatic rings. The third-order valence-corrected chi connectivity index (χ3v) is 4.11. The topological polar surface area (TPSA) is 53.7 Å². The summed E-state index contributed by atoms with van der Waals surface area (Å²) in [6.45, 7) is 7.81. The van der Waals surface area contributed by atoms with Crippen LogP contribution in [0, 0.1) is 5.92 Å². The minimum Gasteiger partial charge on any atom is -0.380 e. The molecule has 0 amide bonds. The normalized spacial score (nSPS) is 37.2. The van der Waals surface area contributed by atoms with Crippen LogP contribution in [-0.4, -0.2) is 44.2 Å². The van der Waals surface area contributed by atoms with Crippen molar-refractivity contribution >= 4 is 0 Å². The molecule has 3 atom stereocenters. The predicted octanol–water partition coefficient (Wildman–Crippen LogP) is 1.33. The van der Waals surface area contributed by atoms with Crippen LogP contribution in [0.25, 0.3) is 0 Å². The zero-order valence-electron chi connectivity index (χ0n) is 11.0. The van der Waals surface area contributed by atoms with E-state index in [0.717, 1.165) is 45.7 Å². The minimum absolute atomic E-state index is 0.0598. The Morgan fingerprint density at radius 1 is 1.47 bits per heavy atom. The predicted molar refractivity (Wildman–Crippen MR) is 65.9 cm³/mol. The Labute approximate surface area is 104 Å². The van der Waals surface area contributed by atoms with Crippen molar-refractivity contribution in [1.82, 2.24) is 0 Å². The molecule has 1 spiro atoms. The molecule has 2 fully saturated rings. The lowest BCUT2D eigenvalue weighted by Gasteiger charge is -2.43. The summed E-state index contributed by atoms with van der Waals surface area (Å²) in [4.78, 5) is 0. The van der Waals surface area contributed by atoms with Gasteiger partial charge in [-0.3, -0.25) is 0 Å². The fourth-order valence-corrected chi connectivity index (χ4v) is 2.89. The first kappa shape index (κ1) is 13.3. The van der Waals surface area contributed by atoms with Crippen LogP contribution in [0.1, 0.15) is 33.1 Å². The average Bonchev–Trinajstić information content (AvgIpc) is 2.75. The number of ether oxygens (including phenoxy) is 3. The first-order chi connectivity index (χ1) is 8.08. The second-order valence-corrected chi connectivity index (χ2v) is 5.67. The lowest BCUT2D eigenvalue weighted by molar-refractivity contribution is -0.113. The highest BCUT2D eigenvalue weighted by Crippen LogP contribution is 2.39. The van der Waals surface area contributed by atoms with E-state index in [9.17, 15) is 0 Å². The van der Waals surface area contributed by atoms with Crippen molar-refractivity contribution in [1.29, 1.82) is 0 Å². The van der Waals surface area contributed by atoms with Gasteiger partial charge in [0.25, 0.3) is 0 Å². The first-order valence-electron chi connectivity index (χ1n) is 6.66. The fourth-order valence-electron chi connectivity index (χ4n) is 2.89. The maximum atomic E-state index is 6.41. The molecule has 2 N–H and O–H groups in total. The highest BCUT2D eigenvalue weighted by atomic mass is 16.6. The van der Waals surface area contributed by atoms with Gasteiger partial charge in [-0.1, -0.05) is 0 Å². The summed E-state index contributed by atoms with van der Waals surface area (Å²) in [5.74, 6) is 0.462. The standard InChI is InChI=1S/C13H25NO3/c1-3-15-9-12(2,14)11-4-6-17-13(8-11)5-7-16-10-13/h11H,3-10,14H2,1-2H3. The third kappa shape index (κ3) is 2.99. The number of rotatable bonds is 4. The van der Waals surface area contributed by atoms with Crippen LogP contribution >= 0.6 is 0 Å². The molecule has 0 radical (unpaired) electrons. The average molecular weight is 243 g/mol. The van der Waals surface area contributed by atoms with Gasteiger partial charge in [-0.25, -0.2) is 0 Å². The molecule has 100 valence electrons. The van der Waals surface area contributed by atoms with Crippen LogP contribution in [0.15, 0.2) is 0 Å². The molecule has 4 heteroatoms. The Kier molecular flexibility index (Phi) is 4.08. The second-order valence-electron chi connectivity index (χ2n) is 5.67. The van der Waals surface area contributed by atoms with Crippen LogP contribution in [0.5, 0.6) is 0 Å². The maximum absolute atomic E-state index is 6.41. The van der Waals surface area contributed by atoms with E-state index in [1.54, 1.807) is 0 Å². The maximum Gasteiger partial charge on any atom is 0.0940 e. The van der Waals surface area contributed by atoms with Crippen LogP contribution in [0.2, 0.25) is 0 Å². The summed E-state index contributed by atoms with van der Waals surface area (Å²) in [5.41, 5.74) is 6.09. The Hall–Kier alpha value is -0.160. The zero-order valence-corrected chi connectivity index (χ0v) is 11.0. The van der Waals surface area contributed by atoms with Crippen LogP contribution in [-0.2, 0) is 14.2 Å². The van der Waals surface area contributed by atoms with Gasteiger partial charge in [0, 0.05) is 31.8 Å². The summed E-state index contributed by atoms with van der Waals surface area (Å²) in [5, 5.41) is 0. The summed E-state index contributed by atoms with van der Waals surface area (Å²) in [6.07, 6.45) is 3.04. The van der Waals surface area contributed by atoms with Gasteiger partial charge in [-0.15, -0.1) is 0 Å². The minimum atomic E-state index is -0.255. The number of hydrogen-bond acceptors (Lipinski definition) is 4. The Bertz CT molecular complexity index is 249. The monoisotopic (exact) mass is 243 g/mol. The molecule has 2 saturated heterocycles. The lowest BCUT2D eigenvalue weighted by atomic mass is 9.75. The molecular formula is C13H25NO3. The van der Waals surface area contributed by atoms with E-state index in [0.29, 0.717) is 12.5 Å². The van der Waals surface area contributed by atoms with Crippen molar-refractivity contribution in [3.8, 4) is 0 Å². The van der Waals surface area contributed by atoms with E-state index in [1.165, 1.54) is 0 Å². The smallest absolute Gasteiger partial charge is 0.0940 e. The van der Waals surface area contributed by atoms with Crippen molar-refractivity contribution in [2.75, 3.05) is 33.0 Å². The molecule has 2 heterocycles. The van der Waals surface area contributed by atoms with Gasteiger partial charge in [0.05, 0.1) is 18.8 Å². The zero-order chi connectivity index (χ0) is 12.4. The van der Waals surface area contributed by atoms with E-state index in [2.05, 4.69) is 6.92 Å². The van der Waals surface area contributed by atoms with Gasteiger partial charge < -0.3 is 19.9 Å². The summed E-state index contributed by atoms with van der Waals surface area (Å²) >= 11 is 0. The summed E-state index contributed by atoms with van der Waals surface area (Å²) in [6, 6.07) is 0. The van der Waals surface area contributed by atoms with E-state index in [-0.39, 0.29) is 11.1 Å². The SMILES string of the molecule is CCOCC(C)(N)C1CCOC2(CCOC2)C1. The molecule has 17 heavy (non-hydrogen) atoms. The van der Waals surface area contributed by atoms with Crippen molar-refractivity contribution in [3.05, 3.63) is 0 Å². The molecule has 0 bridgehead atoms. The molecule has 0 aromatic heterocycles. The Balaban J connectivity index is 1.96. The summed E-state index contributed by atoms with van der Waals surface area (Å²) < 4.78 is 16.9. The van der Waals surface area contributed by atoms with Gasteiger partial charge in [0.2, 0.25) is 0 Å². The first-order valence-corrected chi connectivity index (χ1v) is 6.66. The molecular weight excluding hydrogens is 218 g/mol. The third-order valence-electron chi connectivity index (χ3n) is 4.11. The van der Waals surface area contributed by atoms with Crippen molar-refractivity contribution in [3.63, 3.8) is 0 Å². The molecule has 0 saturated carbocycles. The van der Waals surface area contributed by atoms with Gasteiger partial charge in [0.1, 0.15) is 0 Å². The van der Waals surface area contributed by atoms with Gasteiger partial charge in [-0.2, -0.15) is 0 Å². The highest BCUT2D eigenvalue weighted by molar-refractivity contribution is 4.97. The van der Waals surface area contributed by atoms with Gasteiger partial charge in [0.15, 0.2) is 0 Å². The largest absolute Gasteiger partial charge is 0.380 e.